The molecule has 0 aliphatic heterocycles. The standard InChI is InChI=1S/C8H8O5/c1-8(6(9)10,7(11)12)5-3-2-4-13-5/h2-4H,1H3,(H,9,10)(H,11,12). The van der Waals surface area contributed by atoms with Gasteiger partial charge in [-0.05, 0) is 19.1 Å². The van der Waals surface area contributed by atoms with Crippen molar-refractivity contribution in [1.29, 1.82) is 0 Å². The topological polar surface area (TPSA) is 87.7 Å². The maximum Gasteiger partial charge on any atom is 0.328 e. The third-order valence-electron chi connectivity index (χ3n) is 1.87. The molecule has 0 aliphatic carbocycles. The van der Waals surface area contributed by atoms with Gasteiger partial charge >= 0.3 is 11.9 Å². The van der Waals surface area contributed by atoms with E-state index in [1.165, 1.54) is 18.4 Å². The molecule has 0 bridgehead atoms. The number of carbonyl (C=O) groups is 2. The molecule has 0 spiro atoms. The van der Waals surface area contributed by atoms with E-state index in [4.69, 9.17) is 14.6 Å². The van der Waals surface area contributed by atoms with Crippen LogP contribution in [0, 0.1) is 0 Å². The summed E-state index contributed by atoms with van der Waals surface area (Å²) in [4.78, 5) is 21.4. The van der Waals surface area contributed by atoms with Gasteiger partial charge in [0.15, 0.2) is 0 Å². The molecule has 0 saturated carbocycles. The Kier molecular flexibility index (Phi) is 2.10. The van der Waals surface area contributed by atoms with Crippen LogP contribution in [-0.4, -0.2) is 22.2 Å². The average Bonchev–Trinajstić information content (AvgIpc) is 2.54. The molecule has 0 saturated heterocycles. The number of aliphatic carboxylic acids is 2. The largest absolute Gasteiger partial charge is 0.480 e. The number of hydrogen-bond donors (Lipinski definition) is 2. The lowest BCUT2D eigenvalue weighted by atomic mass is 9.88. The zero-order valence-corrected chi connectivity index (χ0v) is 6.85. The average molecular weight is 184 g/mol. The van der Waals surface area contributed by atoms with Gasteiger partial charge in [0.25, 0.3) is 0 Å². The zero-order chi connectivity index (χ0) is 10.1. The number of furan rings is 1. The minimum absolute atomic E-state index is 0.0903. The van der Waals surface area contributed by atoms with Gasteiger partial charge in [-0.15, -0.1) is 0 Å². The van der Waals surface area contributed by atoms with Crippen LogP contribution >= 0.6 is 0 Å². The molecule has 5 heteroatoms. The van der Waals surface area contributed by atoms with E-state index in [0.29, 0.717) is 0 Å². The number of hydrogen-bond acceptors (Lipinski definition) is 3. The lowest BCUT2D eigenvalue weighted by molar-refractivity contribution is -0.157. The van der Waals surface area contributed by atoms with E-state index in [2.05, 4.69) is 0 Å². The van der Waals surface area contributed by atoms with Gasteiger partial charge in [-0.25, -0.2) is 0 Å². The van der Waals surface area contributed by atoms with E-state index in [-0.39, 0.29) is 5.76 Å². The highest BCUT2D eigenvalue weighted by Gasteiger charge is 2.46. The van der Waals surface area contributed by atoms with Crippen molar-refractivity contribution in [2.24, 2.45) is 0 Å². The molecule has 0 aromatic carbocycles. The monoisotopic (exact) mass is 184 g/mol. The fourth-order valence-corrected chi connectivity index (χ4v) is 0.865. The van der Waals surface area contributed by atoms with Crippen LogP contribution in [0.1, 0.15) is 12.7 Å². The molecule has 1 aromatic rings. The summed E-state index contributed by atoms with van der Waals surface area (Å²) in [7, 11) is 0. The number of carboxylic acids is 2. The second-order valence-corrected chi connectivity index (χ2v) is 2.71. The summed E-state index contributed by atoms with van der Waals surface area (Å²) in [6.45, 7) is 1.08. The smallest absolute Gasteiger partial charge is 0.328 e. The molecule has 0 atom stereocenters. The summed E-state index contributed by atoms with van der Waals surface area (Å²) < 4.78 is 4.76. The summed E-state index contributed by atoms with van der Waals surface area (Å²) >= 11 is 0. The van der Waals surface area contributed by atoms with Crippen molar-refractivity contribution in [2.45, 2.75) is 12.3 Å². The van der Waals surface area contributed by atoms with Gasteiger partial charge in [-0.3, -0.25) is 9.59 Å². The summed E-state index contributed by atoms with van der Waals surface area (Å²) in [6, 6.07) is 2.77. The highest BCUT2D eigenvalue weighted by molar-refractivity contribution is 6.03. The predicted molar refractivity (Wildman–Crippen MR) is 41.3 cm³/mol. The Morgan fingerprint density at radius 2 is 1.92 bits per heavy atom. The maximum absolute atomic E-state index is 10.7. The molecule has 0 unspecified atom stereocenters. The Balaban J connectivity index is 3.21. The molecule has 1 heterocycles. The Labute approximate surface area is 73.6 Å². The molecule has 2 N–H and O–H groups in total. The fourth-order valence-electron chi connectivity index (χ4n) is 0.865. The third-order valence-corrected chi connectivity index (χ3v) is 1.87. The van der Waals surface area contributed by atoms with Gasteiger partial charge in [-0.1, -0.05) is 0 Å². The van der Waals surface area contributed by atoms with Crippen molar-refractivity contribution in [2.75, 3.05) is 0 Å². The van der Waals surface area contributed by atoms with Gasteiger partial charge < -0.3 is 14.6 Å². The van der Waals surface area contributed by atoms with Crippen molar-refractivity contribution in [1.82, 2.24) is 0 Å². The Bertz CT molecular complexity index is 310. The quantitative estimate of drug-likeness (QED) is 0.675. The second-order valence-electron chi connectivity index (χ2n) is 2.71. The molecule has 13 heavy (non-hydrogen) atoms. The normalized spacial score (nSPS) is 11.2. The van der Waals surface area contributed by atoms with E-state index in [0.717, 1.165) is 6.92 Å². The minimum Gasteiger partial charge on any atom is -0.480 e. The molecule has 1 rings (SSSR count). The van der Waals surface area contributed by atoms with E-state index < -0.39 is 17.4 Å². The fraction of sp³-hybridized carbons (Fsp3) is 0.250. The first kappa shape index (κ1) is 9.31. The summed E-state index contributed by atoms with van der Waals surface area (Å²) in [5.41, 5.74) is -2.01. The highest BCUT2D eigenvalue weighted by Crippen LogP contribution is 2.24. The van der Waals surface area contributed by atoms with Gasteiger partial charge in [0.1, 0.15) is 5.76 Å². The van der Waals surface area contributed by atoms with E-state index >= 15 is 0 Å². The molecular formula is C8H8O5. The van der Waals surface area contributed by atoms with Gasteiger partial charge in [-0.2, -0.15) is 0 Å². The van der Waals surface area contributed by atoms with Gasteiger partial charge in [0.05, 0.1) is 6.26 Å². The first-order chi connectivity index (χ1) is 5.99. The van der Waals surface area contributed by atoms with Crippen LogP contribution in [0.15, 0.2) is 22.8 Å². The minimum atomic E-state index is -2.01. The lowest BCUT2D eigenvalue weighted by Crippen LogP contribution is -2.40. The Morgan fingerprint density at radius 1 is 1.38 bits per heavy atom. The van der Waals surface area contributed by atoms with Crippen LogP contribution < -0.4 is 0 Å². The van der Waals surface area contributed by atoms with E-state index in [1.807, 2.05) is 0 Å². The molecular weight excluding hydrogens is 176 g/mol. The Hall–Kier alpha value is -1.78. The highest BCUT2D eigenvalue weighted by atomic mass is 16.4. The van der Waals surface area contributed by atoms with Gasteiger partial charge in [0, 0.05) is 0 Å². The number of carboxylic acid groups (broad SMARTS) is 2. The maximum atomic E-state index is 10.7. The summed E-state index contributed by atoms with van der Waals surface area (Å²) in [6.07, 6.45) is 1.24. The molecule has 0 amide bonds. The van der Waals surface area contributed by atoms with E-state index in [1.54, 1.807) is 0 Å². The molecule has 0 radical (unpaired) electrons. The first-order valence-electron chi connectivity index (χ1n) is 3.50. The van der Waals surface area contributed by atoms with Crippen LogP contribution in [0.3, 0.4) is 0 Å². The molecule has 1 aromatic heterocycles. The summed E-state index contributed by atoms with van der Waals surface area (Å²) in [5, 5.41) is 17.5. The molecule has 0 fully saturated rings. The van der Waals surface area contributed by atoms with Crippen molar-refractivity contribution in [3.8, 4) is 0 Å². The van der Waals surface area contributed by atoms with Gasteiger partial charge in [0.2, 0.25) is 5.41 Å². The van der Waals surface area contributed by atoms with Crippen molar-refractivity contribution in [3.05, 3.63) is 24.2 Å². The van der Waals surface area contributed by atoms with Crippen LogP contribution in [0.2, 0.25) is 0 Å². The predicted octanol–water partition coefficient (Wildman–Crippen LogP) is 0.706. The lowest BCUT2D eigenvalue weighted by Gasteiger charge is -2.15. The molecule has 70 valence electrons. The van der Waals surface area contributed by atoms with Crippen molar-refractivity contribution in [3.63, 3.8) is 0 Å². The summed E-state index contributed by atoms with van der Waals surface area (Å²) in [5.74, 6) is -2.99. The SMILES string of the molecule is CC(C(=O)O)(C(=O)O)c1ccco1. The molecule has 0 aliphatic rings. The first-order valence-corrected chi connectivity index (χ1v) is 3.50. The van der Waals surface area contributed by atoms with Crippen LogP contribution in [0.25, 0.3) is 0 Å². The van der Waals surface area contributed by atoms with Crippen molar-refractivity contribution < 1.29 is 24.2 Å². The Morgan fingerprint density at radius 3 is 2.23 bits per heavy atom. The van der Waals surface area contributed by atoms with Crippen LogP contribution in [0.5, 0.6) is 0 Å². The van der Waals surface area contributed by atoms with Crippen molar-refractivity contribution >= 4 is 11.9 Å². The zero-order valence-electron chi connectivity index (χ0n) is 6.85. The van der Waals surface area contributed by atoms with Crippen LogP contribution in [0.4, 0.5) is 0 Å². The third kappa shape index (κ3) is 1.28. The van der Waals surface area contributed by atoms with Crippen LogP contribution in [-0.2, 0) is 15.0 Å². The van der Waals surface area contributed by atoms with E-state index in [9.17, 15) is 9.59 Å². The molecule has 5 nitrogen and oxygen atoms in total. The second kappa shape index (κ2) is 2.93. The number of rotatable bonds is 3.